The van der Waals surface area contributed by atoms with Crippen molar-refractivity contribution in [2.45, 2.75) is 96.0 Å². The normalized spacial score (nSPS) is 16.7. The molecular formula is C60H56IrN3. The Balaban J connectivity index is 0.00000747. The number of hydrogen-bond acceptors (Lipinski definition) is 3. The smallest absolute Gasteiger partial charge is 0.305 e. The van der Waals surface area contributed by atoms with E-state index in [0.717, 1.165) is 24.0 Å². The first kappa shape index (κ1) is 32.8. The summed E-state index contributed by atoms with van der Waals surface area (Å²) in [6.45, 7) is 1.58. The minimum atomic E-state index is -2.77. The van der Waals surface area contributed by atoms with Crippen LogP contribution in [0.25, 0.3) is 44.9 Å². The molecule has 1 aliphatic carbocycles. The standard InChI is InChI=1S/C60H56N3.Ir/c1-43-42-63-59(40-56(43)51-29-27-50(28-30-51)49-11-5-4-6-12-49)54-31-33-55(34-32-54)60(2,3)41-48-38-46(17-15-44-19-23-52(24-20-44)57-13-7-9-35-61-57)37-47(39-48)18-16-45-21-25-53(26-22-45)58-14-8-10-36-62-58;/h7-10,13-14,19-23,25,27-31,33-40,42,49H,4-6,11-12,15-18,41H2,1-3H3;/q-3;+3/i1D3,15D2,16D2,17D2,18D2;. The van der Waals surface area contributed by atoms with Crippen molar-refractivity contribution < 1.29 is 35.2 Å². The molecule has 0 radical (unpaired) electrons. The van der Waals surface area contributed by atoms with E-state index in [4.69, 9.17) is 4.11 Å². The van der Waals surface area contributed by atoms with Gasteiger partial charge in [0.05, 0.1) is 0 Å². The van der Waals surface area contributed by atoms with Crippen LogP contribution < -0.4 is 0 Å². The van der Waals surface area contributed by atoms with E-state index >= 15 is 0 Å². The second-order valence-electron chi connectivity index (χ2n) is 17.0. The molecule has 0 atom stereocenters. The predicted octanol–water partition coefficient (Wildman–Crippen LogP) is 14.4. The molecule has 0 N–H and O–H groups in total. The van der Waals surface area contributed by atoms with Crippen molar-refractivity contribution in [3.05, 3.63) is 221 Å². The van der Waals surface area contributed by atoms with Crippen LogP contribution in [0, 0.1) is 25.1 Å². The molecule has 1 fully saturated rings. The Bertz CT molecular complexity index is 3090. The minimum absolute atomic E-state index is 0. The number of benzene rings is 5. The van der Waals surface area contributed by atoms with Gasteiger partial charge >= 0.3 is 20.1 Å². The Morgan fingerprint density at radius 2 is 1.14 bits per heavy atom. The summed E-state index contributed by atoms with van der Waals surface area (Å²) in [4.78, 5) is 13.3. The van der Waals surface area contributed by atoms with Crippen LogP contribution in [0.15, 0.2) is 158 Å². The zero-order valence-electron chi connectivity index (χ0n) is 47.0. The Kier molecular flexibility index (Phi) is 10.7. The first-order valence-electron chi connectivity index (χ1n) is 27.2. The molecule has 3 aromatic heterocycles. The number of nitrogens with zero attached hydrogens (tertiary/aromatic N) is 3. The Morgan fingerprint density at radius 1 is 0.578 bits per heavy atom. The van der Waals surface area contributed by atoms with Crippen LogP contribution in [0.4, 0.5) is 0 Å². The Labute approximate surface area is 410 Å². The number of pyridine rings is 3. The maximum Gasteiger partial charge on any atom is 3.00 e. The molecule has 320 valence electrons. The minimum Gasteiger partial charge on any atom is -0.305 e. The third-order valence-corrected chi connectivity index (χ3v) is 11.9. The van der Waals surface area contributed by atoms with E-state index in [1.807, 2.05) is 56.3 Å². The third-order valence-electron chi connectivity index (χ3n) is 11.9. The fraction of sp³-hybridized carbons (Fsp3) is 0.250. The quantitative estimate of drug-likeness (QED) is 0.102. The monoisotopic (exact) mass is 1020 g/mol. The molecule has 0 spiro atoms. The molecule has 5 aromatic carbocycles. The molecule has 0 bridgehead atoms. The van der Waals surface area contributed by atoms with E-state index in [1.165, 1.54) is 61.4 Å². The van der Waals surface area contributed by atoms with E-state index in [0.29, 0.717) is 50.8 Å². The van der Waals surface area contributed by atoms with Crippen molar-refractivity contribution >= 4 is 0 Å². The summed E-state index contributed by atoms with van der Waals surface area (Å²) in [6, 6.07) is 49.5. The molecule has 0 saturated heterocycles. The van der Waals surface area contributed by atoms with Crippen molar-refractivity contribution in [3.8, 4) is 44.9 Å². The van der Waals surface area contributed by atoms with Gasteiger partial charge in [-0.15, -0.1) is 106 Å². The van der Waals surface area contributed by atoms with Gasteiger partial charge in [-0.05, 0) is 118 Å². The SMILES string of the molecule is [2H]C([2H])([2H])c1cnc(-c2[c-]cc(C(C)(C)Cc3cc(C([2H])([2H])C([2H])([2H])c4c[c-]c(-c5ccccn5)cc4)cc(C([2H])([2H])C([2H])([2H])c4c[c-]c(-c5ccccn5)cc4)c3)cc2)cc1-c1ccc(C2CCCCC2)cc1.[Ir+3]. The molecule has 9 rings (SSSR count). The zero-order chi connectivity index (χ0) is 52.7. The van der Waals surface area contributed by atoms with Gasteiger partial charge < -0.3 is 15.0 Å². The molecular weight excluding hydrogens is 955 g/mol. The van der Waals surface area contributed by atoms with Crippen molar-refractivity contribution in [2.75, 3.05) is 0 Å². The largest absolute Gasteiger partial charge is 3.00 e. The summed E-state index contributed by atoms with van der Waals surface area (Å²) >= 11 is 0. The number of rotatable bonds is 14. The summed E-state index contributed by atoms with van der Waals surface area (Å²) in [5, 5.41) is 0. The molecule has 1 saturated carbocycles. The summed E-state index contributed by atoms with van der Waals surface area (Å²) in [5.74, 6) is 0.513. The summed E-state index contributed by atoms with van der Waals surface area (Å²) in [6.07, 6.45) is 0.0623. The van der Waals surface area contributed by atoms with E-state index in [2.05, 4.69) is 45.3 Å². The summed E-state index contributed by atoms with van der Waals surface area (Å²) < 4.78 is 100. The zero-order valence-corrected chi connectivity index (χ0v) is 38.4. The molecule has 0 unspecified atom stereocenters. The average molecular weight is 1020 g/mol. The molecule has 4 heteroatoms. The number of hydrogen-bond donors (Lipinski definition) is 0. The van der Waals surface area contributed by atoms with Crippen LogP contribution in [0.1, 0.15) is 111 Å². The molecule has 1 aliphatic rings. The van der Waals surface area contributed by atoms with Crippen LogP contribution in [0.3, 0.4) is 0 Å². The molecule has 8 aromatic rings. The number of aromatic nitrogens is 3. The van der Waals surface area contributed by atoms with Crippen LogP contribution >= 0.6 is 0 Å². The topological polar surface area (TPSA) is 38.7 Å². The molecule has 0 aliphatic heterocycles. The van der Waals surface area contributed by atoms with Gasteiger partial charge in [0.2, 0.25) is 0 Å². The third kappa shape index (κ3) is 11.1. The average Bonchev–Trinajstić information content (AvgIpc) is 3.41. The van der Waals surface area contributed by atoms with Crippen LogP contribution in [0.2, 0.25) is 0 Å². The fourth-order valence-corrected chi connectivity index (χ4v) is 8.42. The van der Waals surface area contributed by atoms with E-state index < -0.39 is 37.8 Å². The Hall–Kier alpha value is -5.80. The molecule has 3 nitrogen and oxygen atoms in total. The van der Waals surface area contributed by atoms with E-state index in [9.17, 15) is 11.0 Å². The van der Waals surface area contributed by atoms with Crippen molar-refractivity contribution in [1.29, 1.82) is 0 Å². The van der Waals surface area contributed by atoms with Gasteiger partial charge in [0, 0.05) is 33.7 Å². The van der Waals surface area contributed by atoms with Crippen LogP contribution in [0.5, 0.6) is 0 Å². The van der Waals surface area contributed by atoms with Gasteiger partial charge in [0.15, 0.2) is 0 Å². The summed E-state index contributed by atoms with van der Waals surface area (Å²) in [7, 11) is 0. The van der Waals surface area contributed by atoms with Gasteiger partial charge in [-0.2, -0.15) is 0 Å². The second kappa shape index (κ2) is 20.8. The van der Waals surface area contributed by atoms with Crippen molar-refractivity contribution in [2.24, 2.45) is 0 Å². The molecule has 0 amide bonds. The first-order valence-corrected chi connectivity index (χ1v) is 21.7. The Morgan fingerprint density at radius 3 is 1.67 bits per heavy atom. The van der Waals surface area contributed by atoms with E-state index in [-0.39, 0.29) is 54.3 Å². The van der Waals surface area contributed by atoms with Gasteiger partial charge in [0.1, 0.15) is 0 Å². The molecule has 3 heterocycles. The van der Waals surface area contributed by atoms with Gasteiger partial charge in [0.25, 0.3) is 0 Å². The number of aryl methyl sites for hydroxylation is 5. The molecule has 64 heavy (non-hydrogen) atoms. The maximum atomic E-state index is 9.51. The van der Waals surface area contributed by atoms with Crippen molar-refractivity contribution in [1.82, 2.24) is 15.0 Å². The summed E-state index contributed by atoms with van der Waals surface area (Å²) in [5.41, 5.74) is 6.72. The van der Waals surface area contributed by atoms with Gasteiger partial charge in [-0.1, -0.05) is 119 Å². The second-order valence-corrected chi connectivity index (χ2v) is 17.0. The predicted molar refractivity (Wildman–Crippen MR) is 260 cm³/mol. The van der Waals surface area contributed by atoms with Gasteiger partial charge in [-0.3, -0.25) is 0 Å². The van der Waals surface area contributed by atoms with Crippen LogP contribution in [-0.4, -0.2) is 15.0 Å². The van der Waals surface area contributed by atoms with Gasteiger partial charge in [-0.25, -0.2) is 0 Å². The maximum absolute atomic E-state index is 9.51. The first-order chi connectivity index (χ1) is 35.1. The van der Waals surface area contributed by atoms with E-state index in [1.54, 1.807) is 67.0 Å². The van der Waals surface area contributed by atoms with Crippen LogP contribution in [-0.2, 0) is 57.4 Å². The van der Waals surface area contributed by atoms with Crippen molar-refractivity contribution in [3.63, 3.8) is 0 Å². The fourth-order valence-electron chi connectivity index (χ4n) is 8.42.